The number of benzene rings is 2. The number of hydrogen-bond acceptors (Lipinski definition) is 7. The third-order valence-electron chi connectivity index (χ3n) is 3.59. The van der Waals surface area contributed by atoms with Crippen LogP contribution >= 0.6 is 18.2 Å². The third kappa shape index (κ3) is 3.23. The lowest BCUT2D eigenvalue weighted by atomic mass is 9.95. The minimum Gasteiger partial charge on any atom is -0.301 e. The summed E-state index contributed by atoms with van der Waals surface area (Å²) in [7, 11) is 0. The highest BCUT2D eigenvalue weighted by molar-refractivity contribution is 8.55. The van der Waals surface area contributed by atoms with Gasteiger partial charge in [0.25, 0.3) is 11.8 Å². The van der Waals surface area contributed by atoms with Crippen molar-refractivity contribution in [2.24, 2.45) is 0 Å². The van der Waals surface area contributed by atoms with Crippen molar-refractivity contribution < 1.29 is 28.4 Å². The standard InChI is InChI=1S/C16H16NO6PS/c1-3-22-24(21,23-4-2)25-11-8-10-6-5-7-12-14(10)13(9-11)16(19)17(20)15(12)18/h5-9,20H,3-4H2,1-2H3. The smallest absolute Gasteiger partial charge is 0.301 e. The molecule has 9 heteroatoms. The van der Waals surface area contributed by atoms with Gasteiger partial charge in [-0.05, 0) is 48.8 Å². The Morgan fingerprint density at radius 3 is 2.36 bits per heavy atom. The zero-order chi connectivity index (χ0) is 18.2. The van der Waals surface area contributed by atoms with Crippen LogP contribution in [0.25, 0.3) is 10.8 Å². The molecular formula is C16H16NO6PS. The average Bonchev–Trinajstić information content (AvgIpc) is 2.57. The number of imide groups is 1. The van der Waals surface area contributed by atoms with Gasteiger partial charge in [0.2, 0.25) is 0 Å². The number of carbonyl (C=O) groups excluding carboxylic acids is 2. The first-order chi connectivity index (χ1) is 11.9. The largest absolute Gasteiger partial charge is 0.393 e. The Labute approximate surface area is 148 Å². The Hall–Kier alpha value is -1.70. The topological polar surface area (TPSA) is 93.1 Å². The molecule has 0 bridgehead atoms. The van der Waals surface area contributed by atoms with Gasteiger partial charge in [0.15, 0.2) is 0 Å². The van der Waals surface area contributed by atoms with Crippen LogP contribution < -0.4 is 0 Å². The van der Waals surface area contributed by atoms with Crippen molar-refractivity contribution in [3.8, 4) is 0 Å². The van der Waals surface area contributed by atoms with Gasteiger partial charge in [-0.3, -0.25) is 14.8 Å². The molecule has 0 atom stereocenters. The van der Waals surface area contributed by atoms with E-state index in [-0.39, 0.29) is 29.4 Å². The number of amides is 2. The summed E-state index contributed by atoms with van der Waals surface area (Å²) in [6.45, 7) is 0.421. The van der Waals surface area contributed by atoms with Crippen molar-refractivity contribution in [3.63, 3.8) is 0 Å². The molecule has 1 aliphatic heterocycles. The van der Waals surface area contributed by atoms with Crippen LogP contribution in [0.3, 0.4) is 0 Å². The summed E-state index contributed by atoms with van der Waals surface area (Å²) in [6, 6.07) is 8.14. The number of carbonyl (C=O) groups is 2. The second kappa shape index (κ2) is 6.90. The highest BCUT2D eigenvalue weighted by atomic mass is 32.7. The summed E-state index contributed by atoms with van der Waals surface area (Å²) in [6.07, 6.45) is 0. The molecule has 2 amide bonds. The van der Waals surface area contributed by atoms with E-state index in [0.717, 1.165) is 11.4 Å². The molecule has 0 aromatic heterocycles. The predicted octanol–water partition coefficient (Wildman–Crippen LogP) is 4.10. The fraction of sp³-hybridized carbons (Fsp3) is 0.250. The Balaban J connectivity index is 2.14. The van der Waals surface area contributed by atoms with E-state index in [2.05, 4.69) is 0 Å². The quantitative estimate of drug-likeness (QED) is 0.457. The van der Waals surface area contributed by atoms with Gasteiger partial charge in [0.05, 0.1) is 24.3 Å². The Bertz CT molecular complexity index is 905. The van der Waals surface area contributed by atoms with E-state index >= 15 is 0 Å². The molecular weight excluding hydrogens is 365 g/mol. The molecule has 0 saturated heterocycles. The first kappa shape index (κ1) is 18.1. The van der Waals surface area contributed by atoms with E-state index < -0.39 is 18.6 Å². The van der Waals surface area contributed by atoms with Crippen molar-refractivity contribution in [1.29, 1.82) is 0 Å². The third-order valence-corrected chi connectivity index (χ3v) is 7.34. The molecule has 0 unspecified atom stereocenters. The first-order valence-electron chi connectivity index (χ1n) is 7.63. The van der Waals surface area contributed by atoms with Gasteiger partial charge in [0.1, 0.15) is 0 Å². The van der Waals surface area contributed by atoms with Gasteiger partial charge in [-0.1, -0.05) is 12.1 Å². The average molecular weight is 381 g/mol. The fourth-order valence-electron chi connectivity index (χ4n) is 2.66. The molecule has 0 aliphatic carbocycles. The van der Waals surface area contributed by atoms with E-state index in [1.165, 1.54) is 6.07 Å². The molecule has 0 spiro atoms. The van der Waals surface area contributed by atoms with E-state index in [1.807, 2.05) is 0 Å². The minimum absolute atomic E-state index is 0.0935. The van der Waals surface area contributed by atoms with Crippen molar-refractivity contribution in [1.82, 2.24) is 5.06 Å². The maximum atomic E-state index is 12.7. The number of nitrogens with zero attached hydrogens (tertiary/aromatic N) is 1. The lowest BCUT2D eigenvalue weighted by Crippen LogP contribution is -2.37. The van der Waals surface area contributed by atoms with E-state index in [9.17, 15) is 19.4 Å². The second-order valence-corrected chi connectivity index (χ2v) is 9.12. The van der Waals surface area contributed by atoms with Crippen molar-refractivity contribution in [3.05, 3.63) is 41.5 Å². The Morgan fingerprint density at radius 1 is 1.08 bits per heavy atom. The van der Waals surface area contributed by atoms with Crippen LogP contribution in [0.5, 0.6) is 0 Å². The molecule has 132 valence electrons. The predicted molar refractivity (Wildman–Crippen MR) is 93.0 cm³/mol. The molecule has 1 aliphatic rings. The second-order valence-electron chi connectivity index (χ2n) is 5.17. The minimum atomic E-state index is -3.43. The van der Waals surface area contributed by atoms with Crippen molar-refractivity contribution in [2.75, 3.05) is 13.2 Å². The molecule has 2 aromatic rings. The van der Waals surface area contributed by atoms with Crippen LogP contribution in [0.15, 0.2) is 35.2 Å². The SMILES string of the molecule is CCOP(=O)(OCC)Sc1cc2c3c(cccc3c1)C(=O)N(O)C2=O. The molecule has 0 saturated carbocycles. The molecule has 2 aromatic carbocycles. The molecule has 0 radical (unpaired) electrons. The van der Waals surface area contributed by atoms with E-state index in [4.69, 9.17) is 9.05 Å². The maximum absolute atomic E-state index is 12.7. The van der Waals surface area contributed by atoms with Gasteiger partial charge in [-0.25, -0.2) is 4.57 Å². The molecule has 3 rings (SSSR count). The van der Waals surface area contributed by atoms with Crippen LogP contribution in [-0.4, -0.2) is 35.3 Å². The molecule has 7 nitrogen and oxygen atoms in total. The van der Waals surface area contributed by atoms with Crippen LogP contribution in [0.4, 0.5) is 0 Å². The van der Waals surface area contributed by atoms with Gasteiger partial charge >= 0.3 is 6.80 Å². The lowest BCUT2D eigenvalue weighted by molar-refractivity contribution is -0.0377. The van der Waals surface area contributed by atoms with Crippen molar-refractivity contribution in [2.45, 2.75) is 18.7 Å². The Kier molecular flexibility index (Phi) is 4.99. The normalized spacial score (nSPS) is 14.4. The number of hydrogen-bond donors (Lipinski definition) is 1. The van der Waals surface area contributed by atoms with Crippen LogP contribution in [-0.2, 0) is 13.6 Å². The fourth-order valence-corrected chi connectivity index (χ4v) is 6.12. The maximum Gasteiger partial charge on any atom is 0.393 e. The summed E-state index contributed by atoms with van der Waals surface area (Å²) in [5.41, 5.74) is 0.404. The molecule has 1 heterocycles. The molecule has 1 N–H and O–H groups in total. The zero-order valence-corrected chi connectivity index (χ0v) is 15.3. The van der Waals surface area contributed by atoms with Gasteiger partial charge in [-0.15, -0.1) is 5.06 Å². The van der Waals surface area contributed by atoms with Gasteiger partial charge < -0.3 is 9.05 Å². The van der Waals surface area contributed by atoms with E-state index in [1.54, 1.807) is 38.1 Å². The summed E-state index contributed by atoms with van der Waals surface area (Å²) < 4.78 is 23.2. The highest BCUT2D eigenvalue weighted by Gasteiger charge is 2.33. The summed E-state index contributed by atoms with van der Waals surface area (Å²) in [5, 5.41) is 11.0. The number of hydroxylamine groups is 2. The lowest BCUT2D eigenvalue weighted by Gasteiger charge is -2.23. The van der Waals surface area contributed by atoms with Crippen LogP contribution in [0.1, 0.15) is 34.6 Å². The number of rotatable bonds is 6. The van der Waals surface area contributed by atoms with Crippen molar-refractivity contribution >= 4 is 40.8 Å². The van der Waals surface area contributed by atoms with E-state index in [0.29, 0.717) is 15.7 Å². The Morgan fingerprint density at radius 2 is 1.72 bits per heavy atom. The molecule has 0 fully saturated rings. The summed E-state index contributed by atoms with van der Waals surface area (Å²) >= 11 is 0.892. The van der Waals surface area contributed by atoms with Gasteiger partial charge in [0, 0.05) is 10.3 Å². The monoisotopic (exact) mass is 381 g/mol. The summed E-state index contributed by atoms with van der Waals surface area (Å²) in [4.78, 5) is 24.8. The summed E-state index contributed by atoms with van der Waals surface area (Å²) in [5.74, 6) is -1.59. The van der Waals surface area contributed by atoms with Crippen LogP contribution in [0, 0.1) is 0 Å². The van der Waals surface area contributed by atoms with Crippen LogP contribution in [0.2, 0.25) is 0 Å². The first-order valence-corrected chi connectivity index (χ1v) is 10.6. The van der Waals surface area contributed by atoms with Gasteiger partial charge in [-0.2, -0.15) is 0 Å². The molecule has 25 heavy (non-hydrogen) atoms. The highest BCUT2D eigenvalue weighted by Crippen LogP contribution is 2.63. The zero-order valence-electron chi connectivity index (χ0n) is 13.6.